The molecule has 5 atom stereocenters. The molecule has 164 valence electrons. The summed E-state index contributed by atoms with van der Waals surface area (Å²) in [5, 5.41) is 32.9. The fourth-order valence-corrected chi connectivity index (χ4v) is 6.53. The second kappa shape index (κ2) is 7.12. The third kappa shape index (κ3) is 2.75. The Morgan fingerprint density at radius 2 is 1.90 bits per heavy atom. The van der Waals surface area contributed by atoms with Gasteiger partial charge in [-0.05, 0) is 54.7 Å². The number of fused-ring (bicyclic) bond motifs is 3. The summed E-state index contributed by atoms with van der Waals surface area (Å²) < 4.78 is 0.0660. The number of rotatable bonds is 2. The number of aliphatic hydroxyl groups is 2. The standard InChI is InChI=1S/C21H22IN3O6/c1-25(2)15-9-6-8-12(16(27)11-7(14(8)23)4-3-5-10(11)26)18(22)21(9,31)19(29)13(17(15)28)20(24)30/h3-5,8-9,14-15,26,29,31H,6,23H2,1-2H3,(H2,24,30)/t8-,9-,14-,15-,21-/m0/s1. The minimum Gasteiger partial charge on any atom is -0.508 e. The number of benzene rings is 1. The number of ketones is 2. The van der Waals surface area contributed by atoms with E-state index in [9.17, 15) is 29.7 Å². The maximum Gasteiger partial charge on any atom is 0.255 e. The molecule has 0 unspecified atom stereocenters. The van der Waals surface area contributed by atoms with Crippen molar-refractivity contribution in [3.8, 4) is 5.75 Å². The number of aliphatic hydroxyl groups excluding tert-OH is 1. The Kier molecular flexibility index (Phi) is 5.04. The number of carbonyl (C=O) groups excluding carboxylic acids is 3. The minimum absolute atomic E-state index is 0.0482. The van der Waals surface area contributed by atoms with E-state index in [0.29, 0.717) is 5.56 Å². The lowest BCUT2D eigenvalue weighted by Gasteiger charge is -2.51. The molecule has 1 amide bonds. The van der Waals surface area contributed by atoms with E-state index in [0.717, 1.165) is 0 Å². The van der Waals surface area contributed by atoms with Crippen LogP contribution in [-0.2, 0) is 9.59 Å². The quantitative estimate of drug-likeness (QED) is 0.267. The summed E-state index contributed by atoms with van der Waals surface area (Å²) in [5.41, 5.74) is 9.69. The molecule has 4 rings (SSSR count). The number of primary amides is 1. The molecule has 10 heteroatoms. The second-order valence-electron chi connectivity index (χ2n) is 8.40. The molecular weight excluding hydrogens is 517 g/mol. The van der Waals surface area contributed by atoms with E-state index < -0.39 is 58.3 Å². The maximum atomic E-state index is 13.4. The number of phenols is 1. The van der Waals surface area contributed by atoms with Crippen molar-refractivity contribution in [2.45, 2.75) is 24.1 Å². The van der Waals surface area contributed by atoms with Gasteiger partial charge in [-0.1, -0.05) is 12.1 Å². The van der Waals surface area contributed by atoms with Crippen molar-refractivity contribution < 1.29 is 29.7 Å². The van der Waals surface area contributed by atoms with Crippen molar-refractivity contribution in [1.82, 2.24) is 4.90 Å². The van der Waals surface area contributed by atoms with Crippen molar-refractivity contribution in [2.24, 2.45) is 23.3 Å². The van der Waals surface area contributed by atoms with Crippen LogP contribution < -0.4 is 11.5 Å². The SMILES string of the molecule is CN(C)[C@@H]1C(=O)C(C(N)=O)=C(O)[C@@]2(O)C(I)=C3C(=O)c4c(O)cccc4[C@H](N)[C@H]3C[C@@H]12. The lowest BCUT2D eigenvalue weighted by molar-refractivity contribution is -0.133. The monoisotopic (exact) mass is 539 g/mol. The van der Waals surface area contributed by atoms with E-state index in [2.05, 4.69) is 0 Å². The van der Waals surface area contributed by atoms with E-state index in [1.165, 1.54) is 6.07 Å². The smallest absolute Gasteiger partial charge is 0.255 e. The number of aromatic hydroxyl groups is 1. The van der Waals surface area contributed by atoms with E-state index in [1.54, 1.807) is 53.7 Å². The molecule has 9 nitrogen and oxygen atoms in total. The topological polar surface area (TPSA) is 167 Å². The number of likely N-dealkylation sites (N-methyl/N-ethyl adjacent to an activating group) is 1. The fraction of sp³-hybridized carbons (Fsp3) is 0.381. The van der Waals surface area contributed by atoms with E-state index in [4.69, 9.17) is 11.5 Å². The number of halogens is 1. The van der Waals surface area contributed by atoms with Gasteiger partial charge in [0.05, 0.1) is 11.6 Å². The van der Waals surface area contributed by atoms with Crippen LogP contribution in [0.1, 0.15) is 28.4 Å². The van der Waals surface area contributed by atoms with Crippen molar-refractivity contribution in [3.63, 3.8) is 0 Å². The molecule has 0 radical (unpaired) electrons. The molecule has 3 aliphatic rings. The number of carbonyl (C=O) groups is 3. The largest absolute Gasteiger partial charge is 0.508 e. The molecule has 0 saturated heterocycles. The molecule has 31 heavy (non-hydrogen) atoms. The number of phenolic OH excluding ortho intramolecular Hbond substituents is 1. The van der Waals surface area contributed by atoms with Gasteiger partial charge >= 0.3 is 0 Å². The van der Waals surface area contributed by atoms with Gasteiger partial charge in [0, 0.05) is 27.0 Å². The molecule has 1 aromatic carbocycles. The molecule has 0 fully saturated rings. The van der Waals surface area contributed by atoms with E-state index in [1.807, 2.05) is 0 Å². The van der Waals surface area contributed by atoms with Gasteiger partial charge in [0.2, 0.25) is 0 Å². The summed E-state index contributed by atoms with van der Waals surface area (Å²) in [4.78, 5) is 40.0. The molecule has 7 N–H and O–H groups in total. The fourth-order valence-electron chi connectivity index (χ4n) is 5.23. The van der Waals surface area contributed by atoms with Gasteiger partial charge in [0.25, 0.3) is 5.91 Å². The Morgan fingerprint density at radius 1 is 1.26 bits per heavy atom. The van der Waals surface area contributed by atoms with Crippen molar-refractivity contribution in [3.05, 3.63) is 49.8 Å². The van der Waals surface area contributed by atoms with Gasteiger partial charge in [0.15, 0.2) is 17.2 Å². The highest BCUT2D eigenvalue weighted by atomic mass is 127. The molecule has 3 aliphatic carbocycles. The van der Waals surface area contributed by atoms with Gasteiger partial charge in [-0.3, -0.25) is 19.3 Å². The van der Waals surface area contributed by atoms with Crippen molar-refractivity contribution in [1.29, 1.82) is 0 Å². The molecule has 0 spiro atoms. The first-order valence-electron chi connectivity index (χ1n) is 9.63. The molecule has 0 saturated carbocycles. The predicted octanol–water partition coefficient (Wildman–Crippen LogP) is 0.455. The lowest BCUT2D eigenvalue weighted by atomic mass is 9.59. The Bertz CT molecular complexity index is 1110. The van der Waals surface area contributed by atoms with Crippen LogP contribution in [0.25, 0.3) is 0 Å². The Morgan fingerprint density at radius 3 is 2.48 bits per heavy atom. The molecule has 0 aliphatic heterocycles. The Hall–Kier alpha value is -2.28. The van der Waals surface area contributed by atoms with E-state index >= 15 is 0 Å². The summed E-state index contributed by atoms with van der Waals surface area (Å²) in [5.74, 6) is -4.88. The molecule has 0 aromatic heterocycles. The highest BCUT2D eigenvalue weighted by molar-refractivity contribution is 14.1. The molecule has 1 aromatic rings. The zero-order chi connectivity index (χ0) is 23.0. The zero-order valence-electron chi connectivity index (χ0n) is 16.8. The third-order valence-electron chi connectivity index (χ3n) is 6.62. The summed E-state index contributed by atoms with van der Waals surface area (Å²) in [6.07, 6.45) is 0.102. The molecule has 0 bridgehead atoms. The van der Waals surface area contributed by atoms with Gasteiger partial charge in [0.1, 0.15) is 17.1 Å². The zero-order valence-corrected chi connectivity index (χ0v) is 19.0. The number of hydrogen-bond acceptors (Lipinski definition) is 8. The van der Waals surface area contributed by atoms with Crippen LogP contribution in [0.5, 0.6) is 5.75 Å². The first-order chi connectivity index (χ1) is 14.4. The Labute approximate surface area is 191 Å². The lowest BCUT2D eigenvalue weighted by Crippen LogP contribution is -2.62. The molecular formula is C21H22IN3O6. The number of hydrogen-bond donors (Lipinski definition) is 5. The van der Waals surface area contributed by atoms with Gasteiger partial charge in [-0.15, -0.1) is 0 Å². The summed E-state index contributed by atoms with van der Waals surface area (Å²) in [6, 6.07) is 3.00. The van der Waals surface area contributed by atoms with Crippen molar-refractivity contribution >= 4 is 40.1 Å². The summed E-state index contributed by atoms with van der Waals surface area (Å²) in [6.45, 7) is 0. The number of amides is 1. The van der Waals surface area contributed by atoms with Gasteiger partial charge in [-0.2, -0.15) is 0 Å². The van der Waals surface area contributed by atoms with Gasteiger partial charge < -0.3 is 26.8 Å². The van der Waals surface area contributed by atoms with Crippen LogP contribution in [0.15, 0.2) is 38.7 Å². The van der Waals surface area contributed by atoms with Crippen LogP contribution in [0.2, 0.25) is 0 Å². The normalized spacial score (nSPS) is 32.7. The summed E-state index contributed by atoms with van der Waals surface area (Å²) in [7, 11) is 3.24. The van der Waals surface area contributed by atoms with Crippen LogP contribution in [0, 0.1) is 11.8 Å². The van der Waals surface area contributed by atoms with Crippen LogP contribution in [0.4, 0.5) is 0 Å². The third-order valence-corrected chi connectivity index (χ3v) is 8.03. The van der Waals surface area contributed by atoms with Gasteiger partial charge in [-0.25, -0.2) is 0 Å². The van der Waals surface area contributed by atoms with Crippen LogP contribution >= 0.6 is 22.6 Å². The van der Waals surface area contributed by atoms with Crippen LogP contribution in [0.3, 0.4) is 0 Å². The second-order valence-corrected chi connectivity index (χ2v) is 9.48. The highest BCUT2D eigenvalue weighted by Gasteiger charge is 2.62. The number of nitrogens with two attached hydrogens (primary N) is 2. The Balaban J connectivity index is 2.04. The number of Topliss-reactive ketones (excluding diaryl/α,β-unsaturated/α-hetero) is 2. The predicted molar refractivity (Wildman–Crippen MR) is 118 cm³/mol. The molecule has 0 heterocycles. The van der Waals surface area contributed by atoms with Crippen molar-refractivity contribution in [2.75, 3.05) is 14.1 Å². The summed E-state index contributed by atoms with van der Waals surface area (Å²) >= 11 is 1.76. The maximum absolute atomic E-state index is 13.4. The van der Waals surface area contributed by atoms with Crippen LogP contribution in [-0.4, -0.2) is 63.4 Å². The average Bonchev–Trinajstić information content (AvgIpc) is 2.68. The first-order valence-corrected chi connectivity index (χ1v) is 10.7. The first kappa shape index (κ1) is 21.9. The average molecular weight is 539 g/mol. The highest BCUT2D eigenvalue weighted by Crippen LogP contribution is 2.57. The van der Waals surface area contributed by atoms with E-state index in [-0.39, 0.29) is 26.9 Å². The number of nitrogens with zero attached hydrogens (tertiary/aromatic N) is 1. The minimum atomic E-state index is -2.17.